The number of amides is 1. The van der Waals surface area contributed by atoms with Crippen LogP contribution in [0.3, 0.4) is 0 Å². The molecule has 0 aliphatic heterocycles. The van der Waals surface area contributed by atoms with Gasteiger partial charge < -0.3 is 10.1 Å². The van der Waals surface area contributed by atoms with Crippen molar-refractivity contribution >= 4 is 16.7 Å². The third kappa shape index (κ3) is 4.63. The van der Waals surface area contributed by atoms with Crippen LogP contribution in [0.1, 0.15) is 24.5 Å². The van der Waals surface area contributed by atoms with E-state index in [1.807, 2.05) is 42.5 Å². The fourth-order valence-corrected chi connectivity index (χ4v) is 3.06. The van der Waals surface area contributed by atoms with E-state index in [1.54, 1.807) is 6.92 Å². The molecule has 0 fully saturated rings. The molecular formula is C23H25NO2. The molecule has 0 heterocycles. The van der Waals surface area contributed by atoms with E-state index in [1.165, 1.54) is 11.1 Å². The van der Waals surface area contributed by atoms with E-state index in [4.69, 9.17) is 4.74 Å². The topological polar surface area (TPSA) is 38.3 Å². The summed E-state index contributed by atoms with van der Waals surface area (Å²) < 4.78 is 5.91. The first-order valence-corrected chi connectivity index (χ1v) is 9.11. The summed E-state index contributed by atoms with van der Waals surface area (Å²) in [6.07, 6.45) is 1.34. The minimum absolute atomic E-state index is 0.0813. The van der Waals surface area contributed by atoms with Gasteiger partial charge in [0.25, 0.3) is 5.91 Å². The maximum atomic E-state index is 12.3. The molecule has 1 atom stereocenters. The molecule has 0 radical (unpaired) electrons. The minimum Gasteiger partial charge on any atom is -0.480 e. The monoisotopic (exact) mass is 347 g/mol. The highest BCUT2D eigenvalue weighted by Gasteiger charge is 2.15. The van der Waals surface area contributed by atoms with Gasteiger partial charge in [-0.25, -0.2) is 0 Å². The largest absolute Gasteiger partial charge is 0.480 e. The summed E-state index contributed by atoms with van der Waals surface area (Å²) in [4.78, 5) is 12.3. The van der Waals surface area contributed by atoms with E-state index < -0.39 is 6.10 Å². The number of nitrogens with one attached hydrogen (secondary N) is 1. The number of aryl methyl sites for hydroxylation is 2. The van der Waals surface area contributed by atoms with Crippen LogP contribution in [0.2, 0.25) is 0 Å². The molecular weight excluding hydrogens is 322 g/mol. The Morgan fingerprint density at radius 2 is 1.81 bits per heavy atom. The van der Waals surface area contributed by atoms with Crippen LogP contribution >= 0.6 is 0 Å². The van der Waals surface area contributed by atoms with E-state index in [0.717, 1.165) is 29.4 Å². The molecule has 0 unspecified atom stereocenters. The predicted molar refractivity (Wildman–Crippen MR) is 107 cm³/mol. The molecule has 0 saturated heterocycles. The lowest BCUT2D eigenvalue weighted by molar-refractivity contribution is -0.127. The second-order valence-electron chi connectivity index (χ2n) is 6.62. The van der Waals surface area contributed by atoms with Gasteiger partial charge in [0.15, 0.2) is 6.10 Å². The van der Waals surface area contributed by atoms with E-state index in [-0.39, 0.29) is 5.91 Å². The van der Waals surface area contributed by atoms with E-state index >= 15 is 0 Å². The quantitative estimate of drug-likeness (QED) is 0.631. The van der Waals surface area contributed by atoms with Crippen molar-refractivity contribution in [2.75, 3.05) is 6.54 Å². The summed E-state index contributed by atoms with van der Waals surface area (Å²) in [7, 11) is 0. The average molecular weight is 347 g/mol. The smallest absolute Gasteiger partial charge is 0.260 e. The SMILES string of the molecule is Cc1cccc(CCCNC(=O)[C@H](C)Oc2cccc3ccccc23)c1. The van der Waals surface area contributed by atoms with Crippen molar-refractivity contribution in [1.29, 1.82) is 0 Å². The Bertz CT molecular complexity index is 883. The number of benzene rings is 3. The summed E-state index contributed by atoms with van der Waals surface area (Å²) in [5.74, 6) is 0.660. The van der Waals surface area contributed by atoms with Crippen molar-refractivity contribution in [3.8, 4) is 5.75 Å². The number of rotatable bonds is 7. The Balaban J connectivity index is 1.50. The minimum atomic E-state index is -0.528. The number of carbonyl (C=O) groups excluding carboxylic acids is 1. The van der Waals surface area contributed by atoms with Crippen molar-refractivity contribution in [2.24, 2.45) is 0 Å². The zero-order chi connectivity index (χ0) is 18.4. The van der Waals surface area contributed by atoms with Gasteiger partial charge in [-0.3, -0.25) is 4.79 Å². The second-order valence-corrected chi connectivity index (χ2v) is 6.62. The Morgan fingerprint density at radius 3 is 2.65 bits per heavy atom. The Morgan fingerprint density at radius 1 is 1.04 bits per heavy atom. The molecule has 3 aromatic rings. The Hall–Kier alpha value is -2.81. The van der Waals surface area contributed by atoms with E-state index in [9.17, 15) is 4.79 Å². The summed E-state index contributed by atoms with van der Waals surface area (Å²) in [6.45, 7) is 4.53. The summed E-state index contributed by atoms with van der Waals surface area (Å²) >= 11 is 0. The summed E-state index contributed by atoms with van der Waals surface area (Å²) in [5.41, 5.74) is 2.57. The highest BCUT2D eigenvalue weighted by molar-refractivity contribution is 5.89. The molecule has 0 aliphatic rings. The fourth-order valence-electron chi connectivity index (χ4n) is 3.06. The number of ether oxygens (including phenoxy) is 1. The molecule has 0 aromatic heterocycles. The van der Waals surface area contributed by atoms with Crippen LogP contribution in [0.5, 0.6) is 5.75 Å². The third-order valence-electron chi connectivity index (χ3n) is 4.45. The molecule has 0 saturated carbocycles. The van der Waals surface area contributed by atoms with Crippen LogP contribution < -0.4 is 10.1 Å². The van der Waals surface area contributed by atoms with Crippen LogP contribution in [-0.2, 0) is 11.2 Å². The molecule has 1 amide bonds. The molecule has 3 rings (SSSR count). The van der Waals surface area contributed by atoms with Gasteiger partial charge in [0.05, 0.1) is 0 Å². The molecule has 26 heavy (non-hydrogen) atoms. The van der Waals surface area contributed by atoms with Crippen LogP contribution in [0, 0.1) is 6.92 Å². The van der Waals surface area contributed by atoms with Gasteiger partial charge in [-0.15, -0.1) is 0 Å². The number of hydrogen-bond acceptors (Lipinski definition) is 2. The molecule has 0 aliphatic carbocycles. The lowest BCUT2D eigenvalue weighted by Gasteiger charge is -2.16. The van der Waals surface area contributed by atoms with Gasteiger partial charge in [-0.05, 0) is 43.7 Å². The van der Waals surface area contributed by atoms with Gasteiger partial charge in [-0.2, -0.15) is 0 Å². The van der Waals surface area contributed by atoms with Crippen molar-refractivity contribution in [2.45, 2.75) is 32.8 Å². The fraction of sp³-hybridized carbons (Fsp3) is 0.261. The van der Waals surface area contributed by atoms with Gasteiger partial charge in [0.1, 0.15) is 5.75 Å². The Labute approximate surface area is 155 Å². The summed E-state index contributed by atoms with van der Waals surface area (Å²) in [5, 5.41) is 5.10. The van der Waals surface area contributed by atoms with Gasteiger partial charge >= 0.3 is 0 Å². The first-order chi connectivity index (χ1) is 12.6. The molecule has 3 heteroatoms. The van der Waals surface area contributed by atoms with Crippen LogP contribution in [-0.4, -0.2) is 18.6 Å². The molecule has 3 nitrogen and oxygen atoms in total. The number of hydrogen-bond donors (Lipinski definition) is 1. The normalized spacial score (nSPS) is 11.9. The second kappa shape index (κ2) is 8.52. The van der Waals surface area contributed by atoms with E-state index in [2.05, 4.69) is 36.5 Å². The first-order valence-electron chi connectivity index (χ1n) is 9.11. The zero-order valence-corrected chi connectivity index (χ0v) is 15.4. The first kappa shape index (κ1) is 18.0. The lowest BCUT2D eigenvalue weighted by Crippen LogP contribution is -2.37. The molecule has 0 bridgehead atoms. The van der Waals surface area contributed by atoms with Crippen molar-refractivity contribution in [1.82, 2.24) is 5.32 Å². The standard InChI is InChI=1S/C23H25NO2/c1-17-8-5-9-19(16-17)10-7-15-24-23(25)18(2)26-22-14-6-12-20-11-3-4-13-21(20)22/h3-6,8-9,11-14,16,18H,7,10,15H2,1-2H3,(H,24,25)/t18-/m0/s1. The maximum Gasteiger partial charge on any atom is 0.260 e. The van der Waals surface area contributed by atoms with Crippen molar-refractivity contribution < 1.29 is 9.53 Å². The van der Waals surface area contributed by atoms with Crippen LogP contribution in [0.4, 0.5) is 0 Å². The van der Waals surface area contributed by atoms with Crippen molar-refractivity contribution in [3.05, 3.63) is 77.9 Å². The number of fused-ring (bicyclic) bond motifs is 1. The predicted octanol–water partition coefficient (Wildman–Crippen LogP) is 4.66. The van der Waals surface area contributed by atoms with Gasteiger partial charge in [0, 0.05) is 11.9 Å². The maximum absolute atomic E-state index is 12.3. The summed E-state index contributed by atoms with van der Waals surface area (Å²) in [6, 6.07) is 22.4. The zero-order valence-electron chi connectivity index (χ0n) is 15.4. The number of carbonyl (C=O) groups is 1. The molecule has 134 valence electrons. The molecule has 0 spiro atoms. The highest BCUT2D eigenvalue weighted by atomic mass is 16.5. The Kier molecular flexibility index (Phi) is 5.90. The van der Waals surface area contributed by atoms with Gasteiger partial charge in [-0.1, -0.05) is 66.2 Å². The van der Waals surface area contributed by atoms with E-state index in [0.29, 0.717) is 6.54 Å². The average Bonchev–Trinajstić information content (AvgIpc) is 2.65. The third-order valence-corrected chi connectivity index (χ3v) is 4.45. The van der Waals surface area contributed by atoms with Crippen LogP contribution in [0.15, 0.2) is 66.7 Å². The molecule has 1 N–H and O–H groups in total. The van der Waals surface area contributed by atoms with Gasteiger partial charge in [0.2, 0.25) is 0 Å². The van der Waals surface area contributed by atoms with Crippen LogP contribution in [0.25, 0.3) is 10.8 Å². The van der Waals surface area contributed by atoms with Crippen molar-refractivity contribution in [3.63, 3.8) is 0 Å². The highest BCUT2D eigenvalue weighted by Crippen LogP contribution is 2.26. The molecule has 3 aromatic carbocycles. The lowest BCUT2D eigenvalue weighted by atomic mass is 10.1.